The maximum atomic E-state index is 11.9. The predicted octanol–water partition coefficient (Wildman–Crippen LogP) is 4.15. The first-order chi connectivity index (χ1) is 15.9. The fraction of sp³-hybridized carbons (Fsp3) is 0.308. The second-order valence-electron chi connectivity index (χ2n) is 7.14. The van der Waals surface area contributed by atoms with E-state index in [1.54, 1.807) is 12.1 Å². The van der Waals surface area contributed by atoms with Crippen LogP contribution in [0.3, 0.4) is 0 Å². The largest absolute Gasteiger partial charge is 0.490 e. The third kappa shape index (κ3) is 7.89. The smallest absolute Gasteiger partial charge is 0.341 e. The Morgan fingerprint density at radius 3 is 2.03 bits per heavy atom. The summed E-state index contributed by atoms with van der Waals surface area (Å²) >= 11 is 0. The molecule has 0 saturated heterocycles. The van der Waals surface area contributed by atoms with Crippen molar-refractivity contribution in [3.63, 3.8) is 0 Å². The number of aryl methyl sites for hydroxylation is 1. The van der Waals surface area contributed by atoms with E-state index in [-0.39, 0.29) is 37.6 Å². The van der Waals surface area contributed by atoms with Gasteiger partial charge in [-0.1, -0.05) is 38.3 Å². The van der Waals surface area contributed by atoms with Crippen molar-refractivity contribution in [3.05, 3.63) is 72.3 Å². The molecule has 0 aromatic heterocycles. The van der Waals surface area contributed by atoms with E-state index in [4.69, 9.17) is 23.7 Å². The minimum Gasteiger partial charge on any atom is -0.490 e. The van der Waals surface area contributed by atoms with Crippen LogP contribution < -0.4 is 9.47 Å². The van der Waals surface area contributed by atoms with Gasteiger partial charge in [0.15, 0.2) is 0 Å². The lowest BCUT2D eigenvalue weighted by atomic mass is 9.98. The number of ether oxygens (including phenoxy) is 5. The molecule has 7 heteroatoms. The molecule has 0 spiro atoms. The summed E-state index contributed by atoms with van der Waals surface area (Å²) in [6, 6.07) is 13.1. The van der Waals surface area contributed by atoms with Crippen LogP contribution in [0.5, 0.6) is 11.5 Å². The molecule has 0 atom stereocenters. The van der Waals surface area contributed by atoms with Gasteiger partial charge >= 0.3 is 11.9 Å². The Labute approximate surface area is 194 Å². The summed E-state index contributed by atoms with van der Waals surface area (Å²) in [5.74, 6) is 0.0996. The van der Waals surface area contributed by atoms with Gasteiger partial charge in [0.1, 0.15) is 24.7 Å². The van der Waals surface area contributed by atoms with Crippen molar-refractivity contribution in [1.82, 2.24) is 0 Å². The molecule has 2 rings (SSSR count). The molecule has 0 aliphatic rings. The van der Waals surface area contributed by atoms with Gasteiger partial charge in [-0.25, -0.2) is 9.59 Å². The molecule has 0 amide bonds. The molecule has 2 aromatic rings. The maximum Gasteiger partial charge on any atom is 0.341 e. The van der Waals surface area contributed by atoms with Gasteiger partial charge < -0.3 is 23.7 Å². The molecule has 33 heavy (non-hydrogen) atoms. The Kier molecular flexibility index (Phi) is 10.3. The molecule has 0 radical (unpaired) electrons. The van der Waals surface area contributed by atoms with Gasteiger partial charge in [0.25, 0.3) is 0 Å². The summed E-state index contributed by atoms with van der Waals surface area (Å²) in [7, 11) is 2.98. The Balaban J connectivity index is 1.97. The maximum absolute atomic E-state index is 11.9. The van der Waals surface area contributed by atoms with E-state index < -0.39 is 11.9 Å². The average molecular weight is 455 g/mol. The zero-order chi connectivity index (χ0) is 24.2. The highest BCUT2D eigenvalue weighted by molar-refractivity contribution is 5.90. The van der Waals surface area contributed by atoms with Crippen LogP contribution in [-0.2, 0) is 30.2 Å². The standard InChI is InChI=1S/C26H30O7/c1-6-20-15-23(31-13-14-32-25(27)18(2)16-29-4)11-12-24(20)21-7-9-22(10-8-21)33-26(28)19(3)17-30-5/h7-12,15H,2-3,6,13-14,16-17H2,1,4-5H3. The third-order valence-corrected chi connectivity index (χ3v) is 4.63. The lowest BCUT2D eigenvalue weighted by Gasteiger charge is -2.13. The summed E-state index contributed by atoms with van der Waals surface area (Å²) in [6.45, 7) is 9.90. The van der Waals surface area contributed by atoms with Gasteiger partial charge in [-0.15, -0.1) is 0 Å². The highest BCUT2D eigenvalue weighted by Crippen LogP contribution is 2.29. The van der Waals surface area contributed by atoms with Gasteiger partial charge in [-0.3, -0.25) is 0 Å². The van der Waals surface area contributed by atoms with Crippen molar-refractivity contribution in [3.8, 4) is 22.6 Å². The van der Waals surface area contributed by atoms with Crippen LogP contribution in [0.25, 0.3) is 11.1 Å². The number of benzene rings is 2. The quantitative estimate of drug-likeness (QED) is 0.195. The van der Waals surface area contributed by atoms with E-state index in [1.807, 2.05) is 30.3 Å². The predicted molar refractivity (Wildman–Crippen MR) is 125 cm³/mol. The van der Waals surface area contributed by atoms with E-state index >= 15 is 0 Å². The number of hydrogen-bond donors (Lipinski definition) is 0. The van der Waals surface area contributed by atoms with Crippen LogP contribution in [0.1, 0.15) is 12.5 Å². The number of carbonyl (C=O) groups excluding carboxylic acids is 2. The lowest BCUT2D eigenvalue weighted by Crippen LogP contribution is -2.15. The van der Waals surface area contributed by atoms with E-state index in [0.29, 0.717) is 11.5 Å². The third-order valence-electron chi connectivity index (χ3n) is 4.63. The van der Waals surface area contributed by atoms with E-state index in [0.717, 1.165) is 23.1 Å². The summed E-state index contributed by atoms with van der Waals surface area (Å²) in [6.07, 6.45) is 0.798. The van der Waals surface area contributed by atoms with E-state index in [9.17, 15) is 9.59 Å². The first kappa shape index (κ1) is 25.8. The Hall–Kier alpha value is -3.42. The summed E-state index contributed by atoms with van der Waals surface area (Å²) in [5, 5.41) is 0. The first-order valence-electron chi connectivity index (χ1n) is 10.5. The van der Waals surface area contributed by atoms with E-state index in [1.165, 1.54) is 14.2 Å². The second kappa shape index (κ2) is 13.2. The van der Waals surface area contributed by atoms with E-state index in [2.05, 4.69) is 20.1 Å². The number of rotatable bonds is 13. The van der Waals surface area contributed by atoms with Crippen LogP contribution in [0, 0.1) is 0 Å². The Morgan fingerprint density at radius 1 is 0.818 bits per heavy atom. The Bertz CT molecular complexity index is 977. The molecule has 176 valence electrons. The first-order valence-corrected chi connectivity index (χ1v) is 10.5. The highest BCUT2D eigenvalue weighted by atomic mass is 16.6. The molecule has 0 fully saturated rings. The zero-order valence-corrected chi connectivity index (χ0v) is 19.3. The molecular weight excluding hydrogens is 424 g/mol. The Morgan fingerprint density at radius 2 is 1.42 bits per heavy atom. The minimum absolute atomic E-state index is 0.113. The van der Waals surface area contributed by atoms with Gasteiger partial charge in [0, 0.05) is 14.2 Å². The number of esters is 2. The highest BCUT2D eigenvalue weighted by Gasteiger charge is 2.11. The van der Waals surface area contributed by atoms with Crippen LogP contribution in [0.4, 0.5) is 0 Å². The SMILES string of the molecule is C=C(COC)C(=O)OCCOc1ccc(-c2ccc(OC(=O)C(=C)COC)cc2)c(CC)c1. The fourth-order valence-corrected chi connectivity index (χ4v) is 2.98. The molecule has 0 saturated carbocycles. The number of hydrogen-bond acceptors (Lipinski definition) is 7. The minimum atomic E-state index is -0.519. The van der Waals surface area contributed by atoms with Gasteiger partial charge in [0.2, 0.25) is 0 Å². The van der Waals surface area contributed by atoms with Crippen molar-refractivity contribution >= 4 is 11.9 Å². The molecule has 7 nitrogen and oxygen atoms in total. The van der Waals surface area contributed by atoms with Crippen molar-refractivity contribution in [2.75, 3.05) is 40.6 Å². The van der Waals surface area contributed by atoms with Crippen molar-refractivity contribution in [1.29, 1.82) is 0 Å². The lowest BCUT2D eigenvalue weighted by molar-refractivity contribution is -0.140. The molecule has 0 aliphatic carbocycles. The average Bonchev–Trinajstić information content (AvgIpc) is 2.82. The van der Waals surface area contributed by atoms with Crippen LogP contribution in [0.2, 0.25) is 0 Å². The van der Waals surface area contributed by atoms with Gasteiger partial charge in [-0.05, 0) is 47.4 Å². The number of methoxy groups -OCH3 is 2. The second-order valence-corrected chi connectivity index (χ2v) is 7.14. The zero-order valence-electron chi connectivity index (χ0n) is 19.3. The van der Waals surface area contributed by atoms with Crippen LogP contribution in [0.15, 0.2) is 66.8 Å². The summed E-state index contributed by atoms with van der Waals surface area (Å²) < 4.78 is 25.9. The van der Waals surface area contributed by atoms with Gasteiger partial charge in [-0.2, -0.15) is 0 Å². The van der Waals surface area contributed by atoms with Crippen molar-refractivity contribution in [2.45, 2.75) is 13.3 Å². The van der Waals surface area contributed by atoms with Crippen molar-refractivity contribution in [2.24, 2.45) is 0 Å². The molecule has 0 bridgehead atoms. The molecule has 0 aliphatic heterocycles. The van der Waals surface area contributed by atoms with Crippen LogP contribution >= 0.6 is 0 Å². The normalized spacial score (nSPS) is 10.4. The van der Waals surface area contributed by atoms with Crippen LogP contribution in [-0.4, -0.2) is 52.6 Å². The summed E-state index contributed by atoms with van der Waals surface area (Å²) in [4.78, 5) is 23.6. The molecule has 0 heterocycles. The molecule has 0 unspecified atom stereocenters. The number of carbonyl (C=O) groups is 2. The topological polar surface area (TPSA) is 80.3 Å². The molecule has 2 aromatic carbocycles. The monoisotopic (exact) mass is 454 g/mol. The van der Waals surface area contributed by atoms with Gasteiger partial charge in [0.05, 0.1) is 24.4 Å². The summed E-state index contributed by atoms with van der Waals surface area (Å²) in [5.41, 5.74) is 3.64. The fourth-order valence-electron chi connectivity index (χ4n) is 2.98. The molecule has 0 N–H and O–H groups in total. The molecular formula is C26H30O7. The van der Waals surface area contributed by atoms with Crippen molar-refractivity contribution < 1.29 is 33.3 Å².